The molecule has 1 saturated heterocycles. The van der Waals surface area contributed by atoms with Crippen molar-refractivity contribution < 1.29 is 28.0 Å². The molecule has 0 spiro atoms. The number of ether oxygens (including phenoxy) is 2. The number of aryl methyl sites for hydroxylation is 1. The summed E-state index contributed by atoms with van der Waals surface area (Å²) in [5.41, 5.74) is 8.00. The van der Waals surface area contributed by atoms with Gasteiger partial charge in [-0.05, 0) is 25.8 Å². The van der Waals surface area contributed by atoms with Crippen LogP contribution in [0.2, 0.25) is 0 Å². The number of unbranched alkanes of at least 4 members (excludes halogenated alkanes) is 9. The van der Waals surface area contributed by atoms with Gasteiger partial charge in [0, 0.05) is 29.7 Å². The van der Waals surface area contributed by atoms with Crippen LogP contribution in [0.5, 0.6) is 0 Å². The number of nitrogens with zero attached hydrogens (tertiary/aromatic N) is 4. The Balaban J connectivity index is 1.68. The number of aromatic nitrogens is 2. The van der Waals surface area contributed by atoms with E-state index in [2.05, 4.69) is 21.9 Å². The minimum atomic E-state index is -4.44. The normalized spacial score (nSPS) is 21.4. The number of phosphoric ester groups is 1. The summed E-state index contributed by atoms with van der Waals surface area (Å²) in [7, 11) is -4.44. The molecule has 1 aromatic rings. The Labute approximate surface area is 229 Å². The second kappa shape index (κ2) is 17.7. The highest BCUT2D eigenvalue weighted by molar-refractivity contribution is 7.47. The molecule has 39 heavy (non-hydrogen) atoms. The molecule has 0 bridgehead atoms. The van der Waals surface area contributed by atoms with E-state index in [1.165, 1.54) is 69.1 Å². The van der Waals surface area contributed by atoms with E-state index in [9.17, 15) is 19.0 Å². The summed E-state index contributed by atoms with van der Waals surface area (Å²) < 4.78 is 35.2. The number of phosphoric acid groups is 1. The topological polar surface area (TPSA) is 178 Å². The van der Waals surface area contributed by atoms with Crippen molar-refractivity contribution in [3.8, 4) is 0 Å². The zero-order valence-corrected chi connectivity index (χ0v) is 24.2. The molecule has 1 unspecified atom stereocenters. The van der Waals surface area contributed by atoms with Crippen molar-refractivity contribution in [3.05, 3.63) is 43.0 Å². The van der Waals surface area contributed by atoms with E-state index >= 15 is 0 Å². The van der Waals surface area contributed by atoms with Crippen molar-refractivity contribution >= 4 is 7.82 Å². The average molecular weight is 574 g/mol. The van der Waals surface area contributed by atoms with Crippen LogP contribution in [-0.2, 0) is 23.1 Å². The van der Waals surface area contributed by atoms with Crippen LogP contribution in [0, 0.1) is 6.92 Å². The fourth-order valence-electron chi connectivity index (χ4n) is 4.35. The van der Waals surface area contributed by atoms with E-state index < -0.39 is 50.2 Å². The fraction of sp³-hybridized carbons (Fsp3) is 0.840. The minimum absolute atomic E-state index is 0.115. The second-order valence-electron chi connectivity index (χ2n) is 10.0. The fourth-order valence-corrected chi connectivity index (χ4v) is 5.16. The van der Waals surface area contributed by atoms with Crippen LogP contribution in [-0.4, -0.2) is 52.5 Å². The highest BCUT2D eigenvalue weighted by atomic mass is 31.2. The molecule has 222 valence electrons. The van der Waals surface area contributed by atoms with Crippen LogP contribution in [0.3, 0.4) is 0 Å². The number of H-pyrrole nitrogens is 1. The second-order valence-corrected chi connectivity index (χ2v) is 11.5. The quantitative estimate of drug-likeness (QED) is 0.0696. The van der Waals surface area contributed by atoms with E-state index in [-0.39, 0.29) is 13.0 Å². The lowest BCUT2D eigenvalue weighted by molar-refractivity contribution is -0.0317. The van der Waals surface area contributed by atoms with E-state index in [0.29, 0.717) is 12.2 Å². The van der Waals surface area contributed by atoms with Crippen molar-refractivity contribution in [3.63, 3.8) is 0 Å². The molecule has 13 nitrogen and oxygen atoms in total. The first kappa shape index (κ1) is 33.2. The van der Waals surface area contributed by atoms with E-state index in [4.69, 9.17) is 24.1 Å². The van der Waals surface area contributed by atoms with E-state index in [0.717, 1.165) is 12.8 Å². The summed E-state index contributed by atoms with van der Waals surface area (Å²) in [4.78, 5) is 38.9. The van der Waals surface area contributed by atoms with Gasteiger partial charge in [-0.2, -0.15) is 0 Å². The molecule has 2 heterocycles. The third-order valence-corrected chi connectivity index (χ3v) is 7.59. The van der Waals surface area contributed by atoms with Gasteiger partial charge in [0.1, 0.15) is 6.23 Å². The average Bonchev–Trinajstić information content (AvgIpc) is 3.30. The summed E-state index contributed by atoms with van der Waals surface area (Å²) in [5, 5.41) is 3.66. The van der Waals surface area contributed by atoms with Gasteiger partial charge in [-0.25, -0.2) is 9.36 Å². The molecule has 5 atom stereocenters. The van der Waals surface area contributed by atoms with E-state index in [1.807, 2.05) is 0 Å². The molecule has 0 aromatic carbocycles. The zero-order valence-electron chi connectivity index (χ0n) is 23.3. The highest BCUT2D eigenvalue weighted by Crippen LogP contribution is 2.44. The molecule has 0 saturated carbocycles. The molecule has 2 rings (SSSR count). The van der Waals surface area contributed by atoms with Gasteiger partial charge < -0.3 is 14.4 Å². The van der Waals surface area contributed by atoms with Gasteiger partial charge in [-0.1, -0.05) is 69.8 Å². The Morgan fingerprint density at radius 2 is 1.82 bits per heavy atom. The number of nitrogens with one attached hydrogen (secondary N) is 1. The number of rotatable bonds is 20. The first-order valence-electron chi connectivity index (χ1n) is 13.9. The molecular formula is C25H44N5O8P. The number of hydrogen-bond donors (Lipinski definition) is 2. The molecule has 14 heteroatoms. The van der Waals surface area contributed by atoms with Gasteiger partial charge in [-0.15, -0.1) is 0 Å². The standard InChI is InChI=1S/C25H44N5O8P/c1-4-5-6-7-8-9-10-11-12-13-14-35-20(3)17-36-39(33,34)37-18-22-21(28-29-26)15-23(38-22)30-16-19(2)24(31)27-25(30)32/h16,20-23H,4-15,17-18H2,1-3H3,(H,33,34)(H,27,31,32)/t20-,21+,22-,23-/m1/s1. The Hall–Kier alpha value is -1.98. The molecule has 2 N–H and O–H groups in total. The van der Waals surface area contributed by atoms with Gasteiger partial charge in [-0.3, -0.25) is 23.4 Å². The van der Waals surface area contributed by atoms with Crippen LogP contribution in [0.4, 0.5) is 0 Å². The largest absolute Gasteiger partial charge is 0.472 e. The zero-order chi connectivity index (χ0) is 28.7. The highest BCUT2D eigenvalue weighted by Gasteiger charge is 2.38. The Bertz CT molecular complexity index is 1070. The SMILES string of the molecule is CCCCCCCCCCCCO[C@H](C)COP(=O)(O)OC[C@H]1O[C@@H](n2cc(C)c(=O)[nH]c2=O)C[C@@H]1N=[N+]=[N-]. The summed E-state index contributed by atoms with van der Waals surface area (Å²) >= 11 is 0. The van der Waals surface area contributed by atoms with Crippen LogP contribution < -0.4 is 11.2 Å². The molecular weight excluding hydrogens is 529 g/mol. The van der Waals surface area contributed by atoms with Crippen molar-refractivity contribution in [1.82, 2.24) is 9.55 Å². The lowest BCUT2D eigenvalue weighted by Crippen LogP contribution is -2.33. The predicted molar refractivity (Wildman–Crippen MR) is 147 cm³/mol. The van der Waals surface area contributed by atoms with Crippen LogP contribution >= 0.6 is 7.82 Å². The molecule has 1 aliphatic heterocycles. The molecule has 0 amide bonds. The van der Waals surface area contributed by atoms with Gasteiger partial charge in [0.05, 0.1) is 31.5 Å². The molecule has 1 aliphatic rings. The van der Waals surface area contributed by atoms with Gasteiger partial charge >= 0.3 is 13.5 Å². The van der Waals surface area contributed by atoms with Gasteiger partial charge in [0.15, 0.2) is 0 Å². The monoisotopic (exact) mass is 573 g/mol. The van der Waals surface area contributed by atoms with Crippen molar-refractivity contribution in [1.29, 1.82) is 0 Å². The summed E-state index contributed by atoms with van der Waals surface area (Å²) in [6.07, 6.45) is 11.6. The molecule has 0 radical (unpaired) electrons. The van der Waals surface area contributed by atoms with Gasteiger partial charge in [0.25, 0.3) is 5.56 Å². The van der Waals surface area contributed by atoms with Crippen molar-refractivity contribution in [2.45, 2.75) is 116 Å². The number of aromatic amines is 1. The Morgan fingerprint density at radius 3 is 2.46 bits per heavy atom. The maximum Gasteiger partial charge on any atom is 0.472 e. The third-order valence-electron chi connectivity index (χ3n) is 6.63. The van der Waals surface area contributed by atoms with Crippen LogP contribution in [0.15, 0.2) is 20.9 Å². The summed E-state index contributed by atoms with van der Waals surface area (Å²) in [6.45, 7) is 5.53. The smallest absolute Gasteiger partial charge is 0.376 e. The predicted octanol–water partition coefficient (Wildman–Crippen LogP) is 5.27. The number of azide groups is 1. The first-order valence-corrected chi connectivity index (χ1v) is 15.4. The van der Waals surface area contributed by atoms with Gasteiger partial charge in [0.2, 0.25) is 0 Å². The number of hydrogen-bond acceptors (Lipinski definition) is 8. The van der Waals surface area contributed by atoms with Crippen molar-refractivity contribution in [2.24, 2.45) is 5.11 Å². The van der Waals surface area contributed by atoms with Crippen LogP contribution in [0.1, 0.15) is 96.3 Å². The first-order chi connectivity index (χ1) is 18.7. The molecule has 0 aliphatic carbocycles. The third kappa shape index (κ3) is 12.4. The maximum atomic E-state index is 12.4. The Morgan fingerprint density at radius 1 is 1.18 bits per heavy atom. The summed E-state index contributed by atoms with van der Waals surface area (Å²) in [5.74, 6) is 0. The van der Waals surface area contributed by atoms with Crippen LogP contribution in [0.25, 0.3) is 10.4 Å². The van der Waals surface area contributed by atoms with Crippen molar-refractivity contribution in [2.75, 3.05) is 19.8 Å². The molecule has 1 aromatic heterocycles. The lowest BCUT2D eigenvalue weighted by Gasteiger charge is -2.20. The summed E-state index contributed by atoms with van der Waals surface area (Å²) in [6, 6.07) is -0.762. The molecule has 1 fully saturated rings. The minimum Gasteiger partial charge on any atom is -0.376 e. The maximum absolute atomic E-state index is 12.4. The Kier molecular flexibility index (Phi) is 15.0. The van der Waals surface area contributed by atoms with E-state index in [1.54, 1.807) is 6.92 Å². The lowest BCUT2D eigenvalue weighted by atomic mass is 10.1.